The van der Waals surface area contributed by atoms with E-state index in [9.17, 15) is 4.79 Å². The zero-order chi connectivity index (χ0) is 24.1. The lowest BCUT2D eigenvalue weighted by molar-refractivity contribution is 0.0705. The number of nitrogen functional groups attached to an aromatic ring is 1. The summed E-state index contributed by atoms with van der Waals surface area (Å²) in [5, 5.41) is 8.12. The maximum Gasteiger partial charge on any atom is 0.272 e. The van der Waals surface area contributed by atoms with E-state index < -0.39 is 0 Å². The number of aromatic nitrogens is 3. The maximum atomic E-state index is 13.1. The number of carbonyl (C=O) groups is 1. The molecule has 0 radical (unpaired) electrons. The van der Waals surface area contributed by atoms with Crippen LogP contribution in [-0.4, -0.2) is 52.3 Å². The third-order valence-electron chi connectivity index (χ3n) is 5.60. The Kier molecular flexibility index (Phi) is 7.10. The van der Waals surface area contributed by atoms with Crippen molar-refractivity contribution in [3.8, 4) is 23.0 Å². The van der Waals surface area contributed by atoms with Gasteiger partial charge < -0.3 is 24.8 Å². The number of methoxy groups -OCH3 is 1. The van der Waals surface area contributed by atoms with Crippen molar-refractivity contribution in [1.82, 2.24) is 20.1 Å². The number of hydrogen-bond donors (Lipinski definition) is 1. The van der Waals surface area contributed by atoms with Crippen molar-refractivity contribution >= 4 is 11.7 Å². The second-order valence-corrected chi connectivity index (χ2v) is 8.41. The molecule has 3 heterocycles. The minimum Gasteiger partial charge on any atom is -0.493 e. The summed E-state index contributed by atoms with van der Waals surface area (Å²) >= 11 is 0. The number of benzene rings is 1. The van der Waals surface area contributed by atoms with Gasteiger partial charge in [0.25, 0.3) is 5.91 Å². The molecule has 34 heavy (non-hydrogen) atoms. The van der Waals surface area contributed by atoms with Crippen LogP contribution < -0.4 is 19.9 Å². The highest BCUT2D eigenvalue weighted by atomic mass is 16.5. The molecule has 1 amide bonds. The average Bonchev–Trinajstić information content (AvgIpc) is 2.85. The highest BCUT2D eigenvalue weighted by Crippen LogP contribution is 2.33. The smallest absolute Gasteiger partial charge is 0.272 e. The van der Waals surface area contributed by atoms with Gasteiger partial charge in [-0.2, -0.15) is 5.10 Å². The van der Waals surface area contributed by atoms with E-state index >= 15 is 0 Å². The van der Waals surface area contributed by atoms with E-state index in [4.69, 9.17) is 19.9 Å². The molecule has 1 aliphatic heterocycles. The molecular weight excluding hydrogens is 434 g/mol. The van der Waals surface area contributed by atoms with Gasteiger partial charge in [-0.25, -0.2) is 4.98 Å². The number of ether oxygens (including phenoxy) is 3. The van der Waals surface area contributed by atoms with Gasteiger partial charge in [-0.3, -0.25) is 4.79 Å². The largest absolute Gasteiger partial charge is 0.493 e. The zero-order valence-electron chi connectivity index (χ0n) is 19.6. The highest BCUT2D eigenvalue weighted by molar-refractivity contribution is 5.93. The Morgan fingerprint density at radius 1 is 1.03 bits per heavy atom. The zero-order valence-corrected chi connectivity index (χ0v) is 19.6. The second kappa shape index (κ2) is 10.4. The Bertz CT molecular complexity index is 1110. The molecule has 2 N–H and O–H groups in total. The van der Waals surface area contributed by atoms with Gasteiger partial charge in [0.15, 0.2) is 11.5 Å². The quantitative estimate of drug-likeness (QED) is 0.558. The summed E-state index contributed by atoms with van der Waals surface area (Å²) in [7, 11) is 1.54. The third kappa shape index (κ3) is 5.54. The van der Waals surface area contributed by atoms with Crippen molar-refractivity contribution in [2.24, 2.45) is 0 Å². The van der Waals surface area contributed by atoms with Crippen LogP contribution in [-0.2, 0) is 0 Å². The molecule has 3 aromatic rings. The Balaban J connectivity index is 1.40. The lowest BCUT2D eigenvalue weighted by atomic mass is 9.93. The summed E-state index contributed by atoms with van der Waals surface area (Å²) < 4.78 is 17.0. The number of carbonyl (C=O) groups excluding carboxylic acids is 1. The van der Waals surface area contributed by atoms with Crippen LogP contribution in [0, 0.1) is 0 Å². The predicted molar refractivity (Wildman–Crippen MR) is 127 cm³/mol. The van der Waals surface area contributed by atoms with Crippen molar-refractivity contribution in [3.05, 3.63) is 60.0 Å². The van der Waals surface area contributed by atoms with Gasteiger partial charge in [0.2, 0.25) is 0 Å². The standard InChI is InChI=1S/C25H29N5O4/c1-16(2)33-18-4-6-19(7-5-18)34-23-15-27-21(14-22(23)32-3)25(31)30-12-10-17(11-13-30)20-8-9-24(26)29-28-20/h4-9,14-17H,10-13H2,1-3H3,(H2,26,29). The van der Waals surface area contributed by atoms with Crippen LogP contribution in [0.15, 0.2) is 48.7 Å². The van der Waals surface area contributed by atoms with E-state index in [0.29, 0.717) is 41.8 Å². The van der Waals surface area contributed by atoms with Gasteiger partial charge in [-0.15, -0.1) is 5.10 Å². The molecule has 0 atom stereocenters. The number of rotatable bonds is 7. The Hall–Kier alpha value is -3.88. The molecule has 0 unspecified atom stereocenters. The number of piperidine rings is 1. The first-order chi connectivity index (χ1) is 16.4. The Morgan fingerprint density at radius 2 is 1.74 bits per heavy atom. The number of likely N-dealkylation sites (tertiary alicyclic amines) is 1. The van der Waals surface area contributed by atoms with Crippen LogP contribution in [0.4, 0.5) is 5.82 Å². The molecule has 2 aromatic heterocycles. The fourth-order valence-electron chi connectivity index (χ4n) is 3.87. The second-order valence-electron chi connectivity index (χ2n) is 8.41. The fraction of sp³-hybridized carbons (Fsp3) is 0.360. The lowest BCUT2D eigenvalue weighted by Crippen LogP contribution is -2.38. The molecule has 1 aromatic carbocycles. The van der Waals surface area contributed by atoms with Crippen molar-refractivity contribution in [2.75, 3.05) is 25.9 Å². The minimum absolute atomic E-state index is 0.0957. The van der Waals surface area contributed by atoms with Crippen LogP contribution in [0.1, 0.15) is 48.8 Å². The molecule has 1 fully saturated rings. The first-order valence-electron chi connectivity index (χ1n) is 11.3. The maximum absolute atomic E-state index is 13.1. The summed E-state index contributed by atoms with van der Waals surface area (Å²) in [6, 6.07) is 12.6. The SMILES string of the molecule is COc1cc(C(=O)N2CCC(c3ccc(N)nn3)CC2)ncc1Oc1ccc(OC(C)C)cc1. The first kappa shape index (κ1) is 23.3. The molecule has 9 heteroatoms. The number of anilines is 1. The van der Waals surface area contributed by atoms with Gasteiger partial charge in [0.1, 0.15) is 23.0 Å². The number of pyridine rings is 1. The normalized spacial score (nSPS) is 14.2. The topological polar surface area (TPSA) is 113 Å². The summed E-state index contributed by atoms with van der Waals surface area (Å²) in [6.07, 6.45) is 3.22. The van der Waals surface area contributed by atoms with Crippen LogP contribution in [0.3, 0.4) is 0 Å². The van der Waals surface area contributed by atoms with Gasteiger partial charge in [-0.1, -0.05) is 0 Å². The molecule has 0 aliphatic carbocycles. The summed E-state index contributed by atoms with van der Waals surface area (Å²) in [5.41, 5.74) is 6.85. The number of amides is 1. The van der Waals surface area contributed by atoms with E-state index in [1.807, 2.05) is 44.2 Å². The number of nitrogens with two attached hydrogens (primary N) is 1. The van der Waals surface area contributed by atoms with Crippen LogP contribution >= 0.6 is 0 Å². The molecule has 0 saturated carbocycles. The van der Waals surface area contributed by atoms with Gasteiger partial charge in [0.05, 0.1) is 25.1 Å². The van der Waals surface area contributed by atoms with Gasteiger partial charge >= 0.3 is 0 Å². The van der Waals surface area contributed by atoms with Crippen molar-refractivity contribution < 1.29 is 19.0 Å². The summed E-state index contributed by atoms with van der Waals surface area (Å²) in [6.45, 7) is 5.17. The minimum atomic E-state index is -0.137. The van der Waals surface area contributed by atoms with Crippen LogP contribution in [0.2, 0.25) is 0 Å². The average molecular weight is 464 g/mol. The molecule has 4 rings (SSSR count). The molecule has 0 spiro atoms. The Labute approximate surface area is 198 Å². The van der Waals surface area contributed by atoms with Crippen LogP contribution in [0.25, 0.3) is 0 Å². The molecule has 9 nitrogen and oxygen atoms in total. The summed E-state index contributed by atoms with van der Waals surface area (Å²) in [4.78, 5) is 19.2. The van der Waals surface area contributed by atoms with Gasteiger partial charge in [0, 0.05) is 25.1 Å². The van der Waals surface area contributed by atoms with E-state index in [1.54, 1.807) is 17.0 Å². The lowest BCUT2D eigenvalue weighted by Gasteiger charge is -2.31. The predicted octanol–water partition coefficient (Wildman–Crippen LogP) is 4.06. The number of nitrogens with zero attached hydrogens (tertiary/aromatic N) is 4. The fourth-order valence-corrected chi connectivity index (χ4v) is 3.87. The highest BCUT2D eigenvalue weighted by Gasteiger charge is 2.27. The third-order valence-corrected chi connectivity index (χ3v) is 5.60. The number of hydrogen-bond acceptors (Lipinski definition) is 8. The Morgan fingerprint density at radius 3 is 2.35 bits per heavy atom. The van der Waals surface area contributed by atoms with Crippen molar-refractivity contribution in [2.45, 2.75) is 38.7 Å². The summed E-state index contributed by atoms with van der Waals surface area (Å²) in [5.74, 6) is 2.77. The van der Waals surface area contributed by atoms with E-state index in [-0.39, 0.29) is 17.9 Å². The van der Waals surface area contributed by atoms with E-state index in [1.165, 1.54) is 13.3 Å². The van der Waals surface area contributed by atoms with Gasteiger partial charge in [-0.05, 0) is 63.1 Å². The molecule has 0 bridgehead atoms. The van der Waals surface area contributed by atoms with Crippen molar-refractivity contribution in [3.63, 3.8) is 0 Å². The monoisotopic (exact) mass is 463 g/mol. The first-order valence-corrected chi connectivity index (χ1v) is 11.3. The molecule has 178 valence electrons. The van der Waals surface area contributed by atoms with E-state index in [0.717, 1.165) is 24.3 Å². The molecule has 1 saturated heterocycles. The molecular formula is C25H29N5O4. The van der Waals surface area contributed by atoms with Crippen LogP contribution in [0.5, 0.6) is 23.0 Å². The van der Waals surface area contributed by atoms with E-state index in [2.05, 4.69) is 15.2 Å². The molecule has 1 aliphatic rings. The van der Waals surface area contributed by atoms with Crippen molar-refractivity contribution in [1.29, 1.82) is 0 Å².